The van der Waals surface area contributed by atoms with Crippen molar-refractivity contribution in [1.29, 1.82) is 0 Å². The second-order valence-corrected chi connectivity index (χ2v) is 5.63. The fraction of sp³-hybridized carbons (Fsp3) is 0.375. The number of amides is 1. The van der Waals surface area contributed by atoms with Gasteiger partial charge < -0.3 is 10.0 Å². The molecule has 0 saturated heterocycles. The topological polar surface area (TPSA) is 88.3 Å². The zero-order valence-electron chi connectivity index (χ0n) is 12.9. The highest BCUT2D eigenvalue weighted by atomic mass is 16.4. The molecule has 0 atom stereocenters. The van der Waals surface area contributed by atoms with Gasteiger partial charge in [0.05, 0.1) is 0 Å². The molecule has 1 N–H and O–H groups in total. The van der Waals surface area contributed by atoms with Gasteiger partial charge in [-0.25, -0.2) is 4.79 Å². The zero-order chi connectivity index (χ0) is 16.4. The van der Waals surface area contributed by atoms with Gasteiger partial charge in [0.15, 0.2) is 5.69 Å². The highest BCUT2D eigenvalue weighted by Crippen LogP contribution is 2.23. The van der Waals surface area contributed by atoms with Crippen molar-refractivity contribution in [3.8, 4) is 0 Å². The Morgan fingerprint density at radius 3 is 2.91 bits per heavy atom. The largest absolute Gasteiger partial charge is 0.476 e. The lowest BCUT2D eigenvalue weighted by molar-refractivity contribution is -0.132. The average molecular weight is 314 g/mol. The Labute approximate surface area is 133 Å². The number of carboxylic acids is 1. The number of aromatic carboxylic acids is 1. The molecule has 120 valence electrons. The van der Waals surface area contributed by atoms with Crippen molar-refractivity contribution >= 4 is 11.9 Å². The monoisotopic (exact) mass is 314 g/mol. The number of aryl methyl sites for hydroxylation is 2. The zero-order valence-corrected chi connectivity index (χ0v) is 12.9. The molecule has 2 aromatic heterocycles. The van der Waals surface area contributed by atoms with Crippen LogP contribution in [-0.2, 0) is 31.2 Å². The number of fused-ring (bicyclic) bond motifs is 1. The summed E-state index contributed by atoms with van der Waals surface area (Å²) in [4.78, 5) is 29.4. The van der Waals surface area contributed by atoms with Gasteiger partial charge in [-0.15, -0.1) is 0 Å². The van der Waals surface area contributed by atoms with E-state index in [1.54, 1.807) is 29.0 Å². The van der Waals surface area contributed by atoms with E-state index in [1.165, 1.54) is 0 Å². The minimum absolute atomic E-state index is 0.0275. The van der Waals surface area contributed by atoms with Crippen LogP contribution in [-0.4, -0.2) is 43.2 Å². The molecule has 7 nitrogen and oxygen atoms in total. The van der Waals surface area contributed by atoms with Crippen LogP contribution < -0.4 is 0 Å². The summed E-state index contributed by atoms with van der Waals surface area (Å²) >= 11 is 0. The molecule has 1 aliphatic heterocycles. The van der Waals surface area contributed by atoms with Crippen molar-refractivity contribution < 1.29 is 14.7 Å². The molecule has 0 unspecified atom stereocenters. The van der Waals surface area contributed by atoms with E-state index in [4.69, 9.17) is 0 Å². The van der Waals surface area contributed by atoms with Crippen LogP contribution in [0.25, 0.3) is 0 Å². The van der Waals surface area contributed by atoms with Crippen LogP contribution in [0.4, 0.5) is 0 Å². The normalized spacial score (nSPS) is 13.7. The smallest absolute Gasteiger partial charge is 0.356 e. The quantitative estimate of drug-likeness (QED) is 0.910. The maximum atomic E-state index is 12.4. The lowest BCUT2D eigenvalue weighted by atomic mass is 10.0. The van der Waals surface area contributed by atoms with E-state index in [1.807, 2.05) is 12.1 Å². The summed E-state index contributed by atoms with van der Waals surface area (Å²) in [5.74, 6) is -1.02. The Kier molecular flexibility index (Phi) is 4.10. The van der Waals surface area contributed by atoms with E-state index in [0.29, 0.717) is 37.9 Å². The van der Waals surface area contributed by atoms with Crippen molar-refractivity contribution in [2.24, 2.45) is 7.05 Å². The standard InChI is InChI=1S/C16H18N4O3/c1-19-13-6-8-20(10-12(13)15(18-19)16(22)23)14(21)5-4-11-3-2-7-17-9-11/h2-3,7,9H,4-6,8,10H2,1H3,(H,22,23). The molecule has 23 heavy (non-hydrogen) atoms. The number of carboxylic acid groups (broad SMARTS) is 1. The molecule has 0 radical (unpaired) electrons. The first-order valence-electron chi connectivity index (χ1n) is 7.51. The van der Waals surface area contributed by atoms with Gasteiger partial charge in [-0.1, -0.05) is 6.07 Å². The molecule has 1 aliphatic rings. The first kappa shape index (κ1) is 15.2. The van der Waals surface area contributed by atoms with E-state index >= 15 is 0 Å². The van der Waals surface area contributed by atoms with Crippen molar-refractivity contribution in [1.82, 2.24) is 19.7 Å². The number of hydrogen-bond acceptors (Lipinski definition) is 4. The predicted molar refractivity (Wildman–Crippen MR) is 81.8 cm³/mol. The van der Waals surface area contributed by atoms with E-state index in [-0.39, 0.29) is 11.6 Å². The van der Waals surface area contributed by atoms with Gasteiger partial charge in [0.2, 0.25) is 5.91 Å². The van der Waals surface area contributed by atoms with Crippen LogP contribution in [0.2, 0.25) is 0 Å². The van der Waals surface area contributed by atoms with E-state index in [9.17, 15) is 14.7 Å². The second-order valence-electron chi connectivity index (χ2n) is 5.63. The fourth-order valence-corrected chi connectivity index (χ4v) is 2.93. The first-order chi connectivity index (χ1) is 11.1. The molecule has 0 saturated carbocycles. The molecule has 7 heteroatoms. The molecule has 2 aromatic rings. The van der Waals surface area contributed by atoms with Crippen molar-refractivity contribution in [3.63, 3.8) is 0 Å². The minimum Gasteiger partial charge on any atom is -0.476 e. The summed E-state index contributed by atoms with van der Waals surface area (Å²) in [7, 11) is 1.74. The van der Waals surface area contributed by atoms with Crippen molar-refractivity contribution in [3.05, 3.63) is 47.0 Å². The number of nitrogens with zero attached hydrogens (tertiary/aromatic N) is 4. The van der Waals surface area contributed by atoms with E-state index < -0.39 is 5.97 Å². The van der Waals surface area contributed by atoms with Crippen LogP contribution in [0.3, 0.4) is 0 Å². The Morgan fingerprint density at radius 2 is 2.22 bits per heavy atom. The van der Waals surface area contributed by atoms with Gasteiger partial charge in [-0.3, -0.25) is 14.5 Å². The Bertz CT molecular complexity index is 739. The van der Waals surface area contributed by atoms with Gasteiger partial charge in [-0.05, 0) is 18.1 Å². The second kappa shape index (κ2) is 6.20. The number of hydrogen-bond donors (Lipinski definition) is 1. The number of pyridine rings is 1. The molecule has 1 amide bonds. The summed E-state index contributed by atoms with van der Waals surface area (Å²) in [6, 6.07) is 3.79. The van der Waals surface area contributed by atoms with Crippen LogP contribution in [0.15, 0.2) is 24.5 Å². The van der Waals surface area contributed by atoms with Crippen LogP contribution >= 0.6 is 0 Å². The number of carbonyl (C=O) groups excluding carboxylic acids is 1. The van der Waals surface area contributed by atoms with Crippen LogP contribution in [0, 0.1) is 0 Å². The first-order valence-corrected chi connectivity index (χ1v) is 7.51. The molecule has 0 aromatic carbocycles. The maximum absolute atomic E-state index is 12.4. The Balaban J connectivity index is 1.69. The summed E-state index contributed by atoms with van der Waals surface area (Å²) < 4.78 is 1.61. The highest BCUT2D eigenvalue weighted by molar-refractivity contribution is 5.88. The summed E-state index contributed by atoms with van der Waals surface area (Å²) in [5, 5.41) is 13.3. The summed E-state index contributed by atoms with van der Waals surface area (Å²) in [6.45, 7) is 0.911. The third-order valence-corrected chi connectivity index (χ3v) is 4.15. The van der Waals surface area contributed by atoms with Gasteiger partial charge >= 0.3 is 5.97 Å². The summed E-state index contributed by atoms with van der Waals surface area (Å²) in [5.41, 5.74) is 2.62. The molecule has 0 aliphatic carbocycles. The fourth-order valence-electron chi connectivity index (χ4n) is 2.93. The Morgan fingerprint density at radius 1 is 1.39 bits per heavy atom. The van der Waals surface area contributed by atoms with Gasteiger partial charge in [0.1, 0.15) is 0 Å². The average Bonchev–Trinajstić information content (AvgIpc) is 2.90. The highest BCUT2D eigenvalue weighted by Gasteiger charge is 2.28. The third-order valence-electron chi connectivity index (χ3n) is 4.15. The number of rotatable bonds is 4. The summed E-state index contributed by atoms with van der Waals surface area (Å²) in [6.07, 6.45) is 5.11. The SMILES string of the molecule is Cn1nc(C(=O)O)c2c1CCN(C(=O)CCc1cccnc1)C2. The molecule has 0 fully saturated rings. The third kappa shape index (κ3) is 3.08. The molecule has 0 bridgehead atoms. The van der Waals surface area contributed by atoms with E-state index in [2.05, 4.69) is 10.1 Å². The van der Waals surface area contributed by atoms with Gasteiger partial charge in [0, 0.05) is 56.6 Å². The lowest BCUT2D eigenvalue weighted by Gasteiger charge is -2.27. The molecule has 3 rings (SSSR count). The molecule has 0 spiro atoms. The number of carbonyl (C=O) groups is 2. The maximum Gasteiger partial charge on any atom is 0.356 e. The molecular weight excluding hydrogens is 296 g/mol. The van der Waals surface area contributed by atoms with Crippen LogP contribution in [0.5, 0.6) is 0 Å². The Hall–Kier alpha value is -2.70. The number of aromatic nitrogens is 3. The van der Waals surface area contributed by atoms with Crippen molar-refractivity contribution in [2.45, 2.75) is 25.8 Å². The van der Waals surface area contributed by atoms with Crippen molar-refractivity contribution in [2.75, 3.05) is 6.54 Å². The van der Waals surface area contributed by atoms with Gasteiger partial charge in [-0.2, -0.15) is 5.10 Å². The predicted octanol–water partition coefficient (Wildman–Crippen LogP) is 1.03. The molecular formula is C16H18N4O3. The minimum atomic E-state index is -1.05. The lowest BCUT2D eigenvalue weighted by Crippen LogP contribution is -2.36. The molecule has 3 heterocycles. The van der Waals surface area contributed by atoms with E-state index in [0.717, 1.165) is 11.3 Å². The van der Waals surface area contributed by atoms with Crippen LogP contribution in [0.1, 0.15) is 33.7 Å². The van der Waals surface area contributed by atoms with Gasteiger partial charge in [0.25, 0.3) is 0 Å².